The van der Waals surface area contributed by atoms with Gasteiger partial charge in [-0.25, -0.2) is 0 Å². The van der Waals surface area contributed by atoms with Gasteiger partial charge in [0, 0.05) is 5.92 Å². The Kier molecular flexibility index (Phi) is 6.62. The Hall–Kier alpha value is -3.59. The van der Waals surface area contributed by atoms with Gasteiger partial charge < -0.3 is 9.84 Å². The molecule has 2 atom stereocenters. The second-order valence-electron chi connectivity index (χ2n) is 9.38. The molecule has 1 aromatic carbocycles. The molecule has 1 N–H and O–H groups in total. The summed E-state index contributed by atoms with van der Waals surface area (Å²) in [4.78, 5) is 11.4. The summed E-state index contributed by atoms with van der Waals surface area (Å²) in [5, 5.41) is 9.39. The molecule has 1 fully saturated rings. The highest BCUT2D eigenvalue weighted by molar-refractivity contribution is 5.68. The maximum absolute atomic E-state index is 11.4. The molecule has 0 radical (unpaired) electrons. The van der Waals surface area contributed by atoms with Gasteiger partial charge in [-0.2, -0.15) is 0 Å². The van der Waals surface area contributed by atoms with Gasteiger partial charge in [0.1, 0.15) is 5.75 Å². The number of allylic oxidation sites excluding steroid dienone is 15. The maximum atomic E-state index is 11.4. The van der Waals surface area contributed by atoms with Crippen molar-refractivity contribution in [1.29, 1.82) is 0 Å². The molecule has 1 heterocycles. The van der Waals surface area contributed by atoms with Crippen molar-refractivity contribution in [3.8, 4) is 5.75 Å². The zero-order chi connectivity index (χ0) is 23.3. The van der Waals surface area contributed by atoms with E-state index in [0.717, 1.165) is 30.6 Å². The molecule has 2 unspecified atom stereocenters. The Labute approximate surface area is 201 Å². The minimum Gasteiger partial charge on any atom is -0.493 e. The molecule has 3 aliphatic carbocycles. The first kappa shape index (κ1) is 22.2. The minimum absolute atomic E-state index is 0.108. The van der Waals surface area contributed by atoms with Crippen LogP contribution in [-0.2, 0) is 11.2 Å². The number of ether oxygens (including phenoxy) is 1. The van der Waals surface area contributed by atoms with Crippen molar-refractivity contribution in [2.75, 3.05) is 6.61 Å². The van der Waals surface area contributed by atoms with Gasteiger partial charge in [-0.1, -0.05) is 91.1 Å². The van der Waals surface area contributed by atoms with E-state index in [1.807, 2.05) is 24.3 Å². The van der Waals surface area contributed by atoms with Gasteiger partial charge in [-0.05, 0) is 65.0 Å². The van der Waals surface area contributed by atoms with Crippen LogP contribution < -0.4 is 4.74 Å². The lowest BCUT2D eigenvalue weighted by Gasteiger charge is -2.28. The van der Waals surface area contributed by atoms with Gasteiger partial charge in [0.15, 0.2) is 0 Å². The van der Waals surface area contributed by atoms with Crippen LogP contribution in [0, 0.1) is 11.8 Å². The average molecular weight is 451 g/mol. The first-order chi connectivity index (χ1) is 16.7. The second kappa shape index (κ2) is 10.1. The highest BCUT2D eigenvalue weighted by Crippen LogP contribution is 2.45. The zero-order valence-corrected chi connectivity index (χ0v) is 19.3. The van der Waals surface area contributed by atoms with Crippen molar-refractivity contribution in [1.82, 2.24) is 0 Å². The lowest BCUT2D eigenvalue weighted by Crippen LogP contribution is -2.22. The number of carboxylic acids is 1. The molecule has 34 heavy (non-hydrogen) atoms. The molecule has 5 rings (SSSR count). The molecule has 3 heteroatoms. The first-order valence-corrected chi connectivity index (χ1v) is 12.1. The van der Waals surface area contributed by atoms with E-state index in [4.69, 9.17) is 4.74 Å². The fourth-order valence-corrected chi connectivity index (χ4v) is 4.96. The summed E-state index contributed by atoms with van der Waals surface area (Å²) in [6.07, 6.45) is 30.8. The summed E-state index contributed by atoms with van der Waals surface area (Å²) in [5.74, 6) is 1.10. The van der Waals surface area contributed by atoms with Crippen LogP contribution in [0.4, 0.5) is 0 Å². The lowest BCUT2D eigenvalue weighted by molar-refractivity contribution is -0.137. The third kappa shape index (κ3) is 5.31. The third-order valence-corrected chi connectivity index (χ3v) is 6.93. The minimum atomic E-state index is -0.717. The molecule has 172 valence electrons. The molecule has 4 aliphatic rings. The monoisotopic (exact) mass is 450 g/mol. The van der Waals surface area contributed by atoms with E-state index in [0.29, 0.717) is 12.5 Å². The van der Waals surface area contributed by atoms with Crippen LogP contribution >= 0.6 is 0 Å². The fraction of sp³-hybridized carbons (Fsp3) is 0.258. The van der Waals surface area contributed by atoms with Crippen molar-refractivity contribution in [2.24, 2.45) is 11.8 Å². The summed E-state index contributed by atoms with van der Waals surface area (Å²) in [6.45, 7) is 0.652. The molecule has 0 spiro atoms. The summed E-state index contributed by atoms with van der Waals surface area (Å²) in [6, 6.07) is 6.30. The first-order valence-electron chi connectivity index (χ1n) is 12.1. The van der Waals surface area contributed by atoms with E-state index < -0.39 is 5.97 Å². The van der Waals surface area contributed by atoms with E-state index in [2.05, 4.69) is 72.9 Å². The molecule has 0 bridgehead atoms. The quantitative estimate of drug-likeness (QED) is 0.519. The van der Waals surface area contributed by atoms with Crippen LogP contribution in [-0.4, -0.2) is 17.7 Å². The number of fused-ring (bicyclic) bond motifs is 1. The SMILES string of the molecule is O=C(O)CC(c1ccc2c(c1)CC(C1=C\C=C/C(C3=C/C=C\C=C/C=C\3)=C\C=C/1)CO2)C1CC1. The zero-order valence-electron chi connectivity index (χ0n) is 19.3. The second-order valence-corrected chi connectivity index (χ2v) is 9.38. The Morgan fingerprint density at radius 1 is 0.912 bits per heavy atom. The summed E-state index contributed by atoms with van der Waals surface area (Å²) >= 11 is 0. The van der Waals surface area contributed by atoms with Gasteiger partial charge in [0.2, 0.25) is 0 Å². The summed E-state index contributed by atoms with van der Waals surface area (Å²) in [5.41, 5.74) is 5.92. The molecule has 0 saturated heterocycles. The maximum Gasteiger partial charge on any atom is 0.303 e. The van der Waals surface area contributed by atoms with Crippen molar-refractivity contribution in [3.05, 3.63) is 125 Å². The molecule has 0 amide bonds. The van der Waals surface area contributed by atoms with Gasteiger partial charge in [0.05, 0.1) is 13.0 Å². The fourth-order valence-electron chi connectivity index (χ4n) is 4.96. The number of rotatable bonds is 6. The van der Waals surface area contributed by atoms with E-state index in [1.54, 1.807) is 0 Å². The van der Waals surface area contributed by atoms with Crippen molar-refractivity contribution in [2.45, 2.75) is 31.6 Å². The van der Waals surface area contributed by atoms with Gasteiger partial charge in [0.25, 0.3) is 0 Å². The van der Waals surface area contributed by atoms with Crippen molar-refractivity contribution < 1.29 is 14.6 Å². The highest BCUT2D eigenvalue weighted by Gasteiger charge is 2.34. The highest BCUT2D eigenvalue weighted by atomic mass is 16.5. The molecule has 1 saturated carbocycles. The number of benzene rings is 1. The van der Waals surface area contributed by atoms with E-state index in [1.165, 1.54) is 22.3 Å². The molecular formula is C31H30O3. The Morgan fingerprint density at radius 2 is 1.65 bits per heavy atom. The normalized spacial score (nSPS) is 31.5. The van der Waals surface area contributed by atoms with Crippen LogP contribution in [0.15, 0.2) is 114 Å². The predicted molar refractivity (Wildman–Crippen MR) is 137 cm³/mol. The lowest BCUT2D eigenvalue weighted by atomic mass is 9.85. The Balaban J connectivity index is 1.32. The average Bonchev–Trinajstić information content (AvgIpc) is 3.62. The Bertz CT molecular complexity index is 1200. The molecule has 1 aliphatic heterocycles. The number of hydrogen-bond acceptors (Lipinski definition) is 2. The van der Waals surface area contributed by atoms with Gasteiger partial charge >= 0.3 is 5.97 Å². The molecule has 3 nitrogen and oxygen atoms in total. The number of carboxylic acid groups (broad SMARTS) is 1. The molecular weight excluding hydrogens is 420 g/mol. The van der Waals surface area contributed by atoms with Crippen molar-refractivity contribution >= 4 is 5.97 Å². The van der Waals surface area contributed by atoms with Crippen molar-refractivity contribution in [3.63, 3.8) is 0 Å². The largest absolute Gasteiger partial charge is 0.493 e. The smallest absolute Gasteiger partial charge is 0.303 e. The van der Waals surface area contributed by atoms with Crippen LogP contribution in [0.1, 0.15) is 36.3 Å². The molecule has 0 aromatic heterocycles. The standard InChI is InChI=1S/C31H30O3/c32-31(33)20-29(25-14-15-25)26-16-17-30-27(18-26)19-28(21-34-30)24-12-6-10-23(11-7-13-24)22-8-4-2-1-3-5-9-22/h1-13,16-18,25,28-29H,14-15,19-21H2,(H,32,33)/b2-1-,3-1?,4-2?,5-3-,8-4-,9-5?,10-6-,11-7?,12-6?,13-7-,22-8?,22-9+,23-10?,23-11+,24-12+,24-13?. The summed E-state index contributed by atoms with van der Waals surface area (Å²) in [7, 11) is 0. The number of carbonyl (C=O) groups is 1. The van der Waals surface area contributed by atoms with Crippen LogP contribution in [0.5, 0.6) is 5.75 Å². The number of hydrogen-bond donors (Lipinski definition) is 1. The van der Waals surface area contributed by atoms with E-state index >= 15 is 0 Å². The third-order valence-electron chi connectivity index (χ3n) is 6.93. The van der Waals surface area contributed by atoms with E-state index in [9.17, 15) is 9.90 Å². The number of aliphatic carboxylic acids is 1. The van der Waals surface area contributed by atoms with Crippen LogP contribution in [0.2, 0.25) is 0 Å². The summed E-state index contributed by atoms with van der Waals surface area (Å²) < 4.78 is 6.13. The Morgan fingerprint density at radius 3 is 2.47 bits per heavy atom. The van der Waals surface area contributed by atoms with Gasteiger partial charge in [-0.15, -0.1) is 0 Å². The molecule has 1 aromatic rings. The van der Waals surface area contributed by atoms with E-state index in [-0.39, 0.29) is 18.3 Å². The van der Waals surface area contributed by atoms with Crippen LogP contribution in [0.25, 0.3) is 0 Å². The van der Waals surface area contributed by atoms with Crippen LogP contribution in [0.3, 0.4) is 0 Å². The predicted octanol–water partition coefficient (Wildman–Crippen LogP) is 6.79. The van der Waals surface area contributed by atoms with Gasteiger partial charge in [-0.3, -0.25) is 4.79 Å². The topological polar surface area (TPSA) is 46.5 Å².